The maximum atomic E-state index is 12.8. The number of aliphatic hydroxyl groups excluding tert-OH is 1. The minimum Gasteiger partial charge on any atom is -0.444 e. The Bertz CT molecular complexity index is 760. The van der Waals surface area contributed by atoms with Crippen molar-refractivity contribution in [2.75, 3.05) is 31.1 Å². The van der Waals surface area contributed by atoms with Crippen LogP contribution >= 0.6 is 0 Å². The van der Waals surface area contributed by atoms with Crippen molar-refractivity contribution < 1.29 is 19.4 Å². The number of nitrogens with zero attached hydrogens (tertiary/aromatic N) is 2. The van der Waals surface area contributed by atoms with Crippen molar-refractivity contribution in [2.45, 2.75) is 51.2 Å². The topological polar surface area (TPSA) is 70.1 Å². The van der Waals surface area contributed by atoms with Crippen LogP contribution in [-0.2, 0) is 9.53 Å². The van der Waals surface area contributed by atoms with E-state index in [-0.39, 0.29) is 17.4 Å². The zero-order valence-corrected chi connectivity index (χ0v) is 17.0. The van der Waals surface area contributed by atoms with Gasteiger partial charge in [-0.05, 0) is 63.8 Å². The second-order valence-corrected chi connectivity index (χ2v) is 8.69. The lowest BCUT2D eigenvalue weighted by Gasteiger charge is -2.58. The Balaban J connectivity index is 1.75. The monoisotopic (exact) mass is 386 g/mol. The Labute approximate surface area is 166 Å². The number of amides is 1. The Morgan fingerprint density at radius 1 is 1.21 bits per heavy atom. The van der Waals surface area contributed by atoms with Gasteiger partial charge in [0, 0.05) is 25.3 Å². The number of carbonyl (C=O) groups excluding carboxylic acids is 2. The van der Waals surface area contributed by atoms with Gasteiger partial charge in [0.05, 0.1) is 5.54 Å². The van der Waals surface area contributed by atoms with Gasteiger partial charge in [-0.1, -0.05) is 18.2 Å². The number of para-hydroxylation sites is 1. The fraction of sp³-hybridized carbons (Fsp3) is 0.545. The predicted octanol–water partition coefficient (Wildman–Crippen LogP) is 3.24. The molecule has 2 heterocycles. The Morgan fingerprint density at radius 3 is 2.61 bits per heavy atom. The molecule has 3 rings (SSSR count). The van der Waals surface area contributed by atoms with Gasteiger partial charge in [0.15, 0.2) is 5.78 Å². The third kappa shape index (κ3) is 4.38. The fourth-order valence-electron chi connectivity index (χ4n) is 4.01. The highest BCUT2D eigenvalue weighted by Crippen LogP contribution is 2.40. The Kier molecular flexibility index (Phi) is 5.79. The van der Waals surface area contributed by atoms with E-state index in [2.05, 4.69) is 4.90 Å². The number of ether oxygens (including phenoxy) is 1. The Morgan fingerprint density at radius 2 is 1.93 bits per heavy atom. The zero-order chi connectivity index (χ0) is 20.4. The lowest BCUT2D eigenvalue weighted by molar-refractivity contribution is -0.117. The summed E-state index contributed by atoms with van der Waals surface area (Å²) in [5.41, 5.74) is 1.28. The first-order valence-corrected chi connectivity index (χ1v) is 9.90. The number of hydrogen-bond acceptors (Lipinski definition) is 5. The quantitative estimate of drug-likeness (QED) is 0.805. The molecule has 0 radical (unpaired) electrons. The van der Waals surface area contributed by atoms with E-state index in [4.69, 9.17) is 9.84 Å². The molecule has 2 fully saturated rings. The van der Waals surface area contributed by atoms with Crippen LogP contribution in [0.5, 0.6) is 0 Å². The maximum absolute atomic E-state index is 12.8. The van der Waals surface area contributed by atoms with Gasteiger partial charge in [-0.15, -0.1) is 0 Å². The second-order valence-electron chi connectivity index (χ2n) is 8.69. The van der Waals surface area contributed by atoms with E-state index in [1.54, 1.807) is 6.08 Å². The number of likely N-dealkylation sites (tertiary alicyclic amines) is 1. The molecule has 0 aliphatic carbocycles. The summed E-state index contributed by atoms with van der Waals surface area (Å²) in [5, 5.41) is 8.92. The molecule has 1 spiro atoms. The van der Waals surface area contributed by atoms with Crippen LogP contribution in [0.1, 0.15) is 45.6 Å². The highest BCUT2D eigenvalue weighted by atomic mass is 16.6. The Hall–Kier alpha value is -2.34. The van der Waals surface area contributed by atoms with Crippen molar-refractivity contribution in [1.29, 1.82) is 0 Å². The molecular formula is C22H30N2O4. The molecule has 1 aromatic carbocycles. The molecule has 0 bridgehead atoms. The van der Waals surface area contributed by atoms with Gasteiger partial charge in [0.2, 0.25) is 0 Å². The predicted molar refractivity (Wildman–Crippen MR) is 109 cm³/mol. The van der Waals surface area contributed by atoms with Crippen molar-refractivity contribution >= 4 is 23.6 Å². The van der Waals surface area contributed by atoms with Gasteiger partial charge in [-0.3, -0.25) is 9.69 Å². The van der Waals surface area contributed by atoms with E-state index in [0.29, 0.717) is 0 Å². The van der Waals surface area contributed by atoms with Gasteiger partial charge < -0.3 is 14.7 Å². The standard InChI is InChI=1S/C22H30N2O4/c1-21(2,3)28-20(27)24-13-7-6-12-22(24)15-23(16-22)19-9-5-4-8-17(19)10-11-18(26)14-25/h4-5,8-11,25H,6-7,12-16H2,1-3H3/b11-10+. The van der Waals surface area contributed by atoms with Crippen molar-refractivity contribution in [3.05, 3.63) is 35.9 Å². The molecule has 6 nitrogen and oxygen atoms in total. The van der Waals surface area contributed by atoms with Gasteiger partial charge in [-0.25, -0.2) is 4.79 Å². The molecule has 1 N–H and O–H groups in total. The number of carbonyl (C=O) groups is 2. The molecular weight excluding hydrogens is 356 g/mol. The van der Waals surface area contributed by atoms with Gasteiger partial charge in [-0.2, -0.15) is 0 Å². The average Bonchev–Trinajstić information content (AvgIpc) is 2.63. The fourth-order valence-corrected chi connectivity index (χ4v) is 4.01. The van der Waals surface area contributed by atoms with Gasteiger partial charge >= 0.3 is 6.09 Å². The van der Waals surface area contributed by atoms with Crippen LogP contribution in [0.25, 0.3) is 6.08 Å². The van der Waals surface area contributed by atoms with Crippen LogP contribution in [0.2, 0.25) is 0 Å². The summed E-state index contributed by atoms with van der Waals surface area (Å²) in [4.78, 5) is 28.3. The molecule has 0 atom stereocenters. The molecule has 1 aromatic rings. The number of benzene rings is 1. The number of anilines is 1. The minimum atomic E-state index is -0.504. The molecule has 2 saturated heterocycles. The first-order valence-electron chi connectivity index (χ1n) is 9.90. The smallest absolute Gasteiger partial charge is 0.410 e. The van der Waals surface area contributed by atoms with Crippen LogP contribution in [0.4, 0.5) is 10.5 Å². The molecule has 0 saturated carbocycles. The highest BCUT2D eigenvalue weighted by Gasteiger charge is 2.51. The number of rotatable bonds is 4. The van der Waals surface area contributed by atoms with E-state index in [1.807, 2.05) is 49.9 Å². The molecule has 2 aliphatic rings. The summed E-state index contributed by atoms with van der Waals surface area (Å²) in [6.45, 7) is 7.43. The van der Waals surface area contributed by atoms with E-state index in [9.17, 15) is 9.59 Å². The molecule has 152 valence electrons. The molecule has 2 aliphatic heterocycles. The zero-order valence-electron chi connectivity index (χ0n) is 17.0. The van der Waals surface area contributed by atoms with Gasteiger partial charge in [0.1, 0.15) is 12.2 Å². The van der Waals surface area contributed by atoms with E-state index in [1.165, 1.54) is 6.08 Å². The maximum Gasteiger partial charge on any atom is 0.410 e. The third-order valence-electron chi connectivity index (χ3n) is 5.31. The molecule has 1 amide bonds. The van der Waals surface area contributed by atoms with Crippen LogP contribution in [0.3, 0.4) is 0 Å². The van der Waals surface area contributed by atoms with E-state index >= 15 is 0 Å². The first kappa shape index (κ1) is 20.4. The van der Waals surface area contributed by atoms with Crippen molar-refractivity contribution in [1.82, 2.24) is 4.90 Å². The average molecular weight is 386 g/mol. The van der Waals surface area contributed by atoms with Crippen LogP contribution in [-0.4, -0.2) is 59.3 Å². The number of ketones is 1. The van der Waals surface area contributed by atoms with Crippen molar-refractivity contribution in [3.8, 4) is 0 Å². The summed E-state index contributed by atoms with van der Waals surface area (Å²) in [7, 11) is 0. The van der Waals surface area contributed by atoms with Crippen molar-refractivity contribution in [2.24, 2.45) is 0 Å². The van der Waals surface area contributed by atoms with E-state index in [0.717, 1.165) is 50.1 Å². The summed E-state index contributed by atoms with van der Waals surface area (Å²) in [6.07, 6.45) is 6.01. The second kappa shape index (κ2) is 7.95. The molecule has 28 heavy (non-hydrogen) atoms. The SMILES string of the molecule is CC(C)(C)OC(=O)N1CCCCC12CN(c1ccccc1/C=C/C(=O)CO)C2. The summed E-state index contributed by atoms with van der Waals surface area (Å²) in [6, 6.07) is 7.87. The molecule has 6 heteroatoms. The number of piperidine rings is 1. The van der Waals surface area contributed by atoms with Crippen molar-refractivity contribution in [3.63, 3.8) is 0 Å². The lowest BCUT2D eigenvalue weighted by Crippen LogP contribution is -2.73. The number of hydrogen-bond donors (Lipinski definition) is 1. The lowest BCUT2D eigenvalue weighted by atomic mass is 9.79. The third-order valence-corrected chi connectivity index (χ3v) is 5.31. The first-order chi connectivity index (χ1) is 13.2. The summed E-state index contributed by atoms with van der Waals surface area (Å²) < 4.78 is 5.65. The number of aliphatic hydroxyl groups is 1. The summed E-state index contributed by atoms with van der Waals surface area (Å²) in [5.74, 6) is -0.321. The van der Waals surface area contributed by atoms with Gasteiger partial charge in [0.25, 0.3) is 0 Å². The van der Waals surface area contributed by atoms with Crippen LogP contribution in [0, 0.1) is 0 Å². The van der Waals surface area contributed by atoms with Crippen LogP contribution < -0.4 is 4.90 Å². The van der Waals surface area contributed by atoms with E-state index < -0.39 is 12.2 Å². The molecule has 0 aromatic heterocycles. The minimum absolute atomic E-state index is 0.182. The molecule has 0 unspecified atom stereocenters. The van der Waals surface area contributed by atoms with Crippen LogP contribution in [0.15, 0.2) is 30.3 Å². The normalized spacial score (nSPS) is 19.0. The largest absolute Gasteiger partial charge is 0.444 e. The highest BCUT2D eigenvalue weighted by molar-refractivity contribution is 5.95. The summed E-state index contributed by atoms with van der Waals surface area (Å²) >= 11 is 0.